The Labute approximate surface area is 204 Å². The molecule has 1 aliphatic carbocycles. The van der Waals surface area contributed by atoms with Gasteiger partial charge in [0.2, 0.25) is 0 Å². The molecule has 0 spiro atoms. The largest absolute Gasteiger partial charge is 0.417 e. The number of piperidine rings is 1. The number of nitrogens with zero attached hydrogens (tertiary/aromatic N) is 8. The van der Waals surface area contributed by atoms with Gasteiger partial charge in [-0.25, -0.2) is 14.4 Å². The number of aliphatic imine (C=N–C) groups is 1. The average Bonchev–Trinajstić information content (AvgIpc) is 3.63. The molecular formula is C23H24F4N8O. The zero-order valence-electron chi connectivity index (χ0n) is 19.4. The zero-order valence-corrected chi connectivity index (χ0v) is 19.4. The van der Waals surface area contributed by atoms with Crippen LogP contribution in [0.1, 0.15) is 41.9 Å². The topological polar surface area (TPSA) is 92.4 Å². The van der Waals surface area contributed by atoms with E-state index in [0.29, 0.717) is 36.0 Å². The molecule has 9 nitrogen and oxygen atoms in total. The highest BCUT2D eigenvalue weighted by atomic mass is 19.4. The molecule has 4 heterocycles. The fourth-order valence-electron chi connectivity index (χ4n) is 4.52. The van der Waals surface area contributed by atoms with Crippen molar-refractivity contribution < 1.29 is 22.4 Å². The predicted octanol–water partition coefficient (Wildman–Crippen LogP) is 3.19. The van der Waals surface area contributed by atoms with Gasteiger partial charge in [-0.3, -0.25) is 4.79 Å². The summed E-state index contributed by atoms with van der Waals surface area (Å²) in [5.41, 5.74) is -0.478. The summed E-state index contributed by atoms with van der Waals surface area (Å²) < 4.78 is 55.9. The van der Waals surface area contributed by atoms with E-state index in [1.807, 2.05) is 0 Å². The summed E-state index contributed by atoms with van der Waals surface area (Å²) in [4.78, 5) is 24.9. The summed E-state index contributed by atoms with van der Waals surface area (Å²) in [7, 11) is 0. The Hall–Kier alpha value is -3.64. The molecule has 13 heteroatoms. The van der Waals surface area contributed by atoms with Gasteiger partial charge in [0, 0.05) is 25.0 Å². The first-order valence-electron chi connectivity index (χ1n) is 11.7. The van der Waals surface area contributed by atoms with Gasteiger partial charge in [-0.1, -0.05) is 6.08 Å². The average molecular weight is 504 g/mol. The molecule has 1 amide bonds. The molecule has 1 saturated heterocycles. The number of alkyl halides is 4. The molecular weight excluding hydrogens is 480 g/mol. The van der Waals surface area contributed by atoms with E-state index in [0.717, 1.165) is 25.1 Å². The molecule has 1 saturated carbocycles. The van der Waals surface area contributed by atoms with Crippen molar-refractivity contribution in [1.82, 2.24) is 35.0 Å². The summed E-state index contributed by atoms with van der Waals surface area (Å²) in [6, 6.07) is 2.58. The summed E-state index contributed by atoms with van der Waals surface area (Å²) in [6.07, 6.45) is 0.977. The smallest absolute Gasteiger partial charge is 0.354 e. The van der Waals surface area contributed by atoms with Crippen LogP contribution in [0.3, 0.4) is 0 Å². The molecule has 5 rings (SSSR count). The second-order valence-electron chi connectivity index (χ2n) is 9.02. The first kappa shape index (κ1) is 24.1. The van der Waals surface area contributed by atoms with Crippen molar-refractivity contribution in [3.05, 3.63) is 53.3 Å². The van der Waals surface area contributed by atoms with E-state index >= 15 is 4.39 Å². The van der Waals surface area contributed by atoms with E-state index in [1.165, 1.54) is 10.9 Å². The van der Waals surface area contributed by atoms with Crippen LogP contribution in [0.15, 0.2) is 46.9 Å². The van der Waals surface area contributed by atoms with E-state index in [1.54, 1.807) is 34.9 Å². The molecule has 2 atom stereocenters. The Balaban J connectivity index is 1.28. The Morgan fingerprint density at radius 2 is 1.97 bits per heavy atom. The normalized spacial score (nSPS) is 22.6. The fourth-order valence-corrected chi connectivity index (χ4v) is 4.52. The van der Waals surface area contributed by atoms with Gasteiger partial charge < -0.3 is 9.80 Å². The summed E-state index contributed by atoms with van der Waals surface area (Å²) in [5, 5.41) is 11.3. The molecule has 190 valence electrons. The highest BCUT2D eigenvalue weighted by Gasteiger charge is 2.43. The molecule has 2 fully saturated rings. The van der Waals surface area contributed by atoms with Crippen molar-refractivity contribution in [2.24, 2.45) is 4.99 Å². The molecule has 0 N–H and O–H groups in total. The fraction of sp³-hybridized carbons (Fsp3) is 0.478. The van der Waals surface area contributed by atoms with Gasteiger partial charge in [-0.2, -0.15) is 17.9 Å². The number of hydrogen-bond acceptors (Lipinski definition) is 7. The van der Waals surface area contributed by atoms with Crippen molar-refractivity contribution >= 4 is 12.1 Å². The SMILES string of the molecule is Cc1nnnn1-c1ccc(C(=O)N(C2CC2)[C@@H]2CCN(C3=CCC=C(C(F)(F)F)C=N3)C[C@@H]2F)cn1. The summed E-state index contributed by atoms with van der Waals surface area (Å²) >= 11 is 0. The van der Waals surface area contributed by atoms with Crippen molar-refractivity contribution in [1.29, 1.82) is 0 Å². The molecule has 36 heavy (non-hydrogen) atoms. The minimum Gasteiger partial charge on any atom is -0.354 e. The van der Waals surface area contributed by atoms with Crippen LogP contribution in [0.5, 0.6) is 0 Å². The second-order valence-corrected chi connectivity index (χ2v) is 9.02. The number of carbonyl (C=O) groups is 1. The van der Waals surface area contributed by atoms with Crippen molar-refractivity contribution in [3.8, 4) is 5.82 Å². The number of carbonyl (C=O) groups excluding carboxylic acids is 1. The zero-order chi connectivity index (χ0) is 25.4. The van der Waals surface area contributed by atoms with Gasteiger partial charge in [0.15, 0.2) is 11.6 Å². The van der Waals surface area contributed by atoms with E-state index in [4.69, 9.17) is 0 Å². The van der Waals surface area contributed by atoms with Crippen LogP contribution in [0.25, 0.3) is 5.82 Å². The summed E-state index contributed by atoms with van der Waals surface area (Å²) in [5.74, 6) is 1.03. The molecule has 0 bridgehead atoms. The third-order valence-electron chi connectivity index (χ3n) is 6.50. The van der Waals surface area contributed by atoms with Crippen LogP contribution in [0.4, 0.5) is 17.6 Å². The summed E-state index contributed by atoms with van der Waals surface area (Å²) in [6.45, 7) is 2.05. The van der Waals surface area contributed by atoms with Gasteiger partial charge in [-0.15, -0.1) is 5.10 Å². The van der Waals surface area contributed by atoms with E-state index in [-0.39, 0.29) is 24.9 Å². The lowest BCUT2D eigenvalue weighted by Crippen LogP contribution is -2.54. The predicted molar refractivity (Wildman–Crippen MR) is 121 cm³/mol. The van der Waals surface area contributed by atoms with Crippen LogP contribution in [-0.2, 0) is 0 Å². The lowest BCUT2D eigenvalue weighted by molar-refractivity contribution is -0.0857. The van der Waals surface area contributed by atoms with Crippen LogP contribution < -0.4 is 0 Å². The number of aromatic nitrogens is 5. The number of amides is 1. The first-order chi connectivity index (χ1) is 17.2. The number of likely N-dealkylation sites (tertiary alicyclic amines) is 1. The van der Waals surface area contributed by atoms with Gasteiger partial charge >= 0.3 is 6.18 Å². The quantitative estimate of drug-likeness (QED) is 0.581. The molecule has 0 unspecified atom stereocenters. The van der Waals surface area contributed by atoms with Gasteiger partial charge in [-0.05, 0) is 61.2 Å². The Bertz CT molecular complexity index is 1220. The van der Waals surface area contributed by atoms with Crippen LogP contribution >= 0.6 is 0 Å². The van der Waals surface area contributed by atoms with Crippen LogP contribution in [0.2, 0.25) is 0 Å². The maximum Gasteiger partial charge on any atom is 0.417 e. The Morgan fingerprint density at radius 3 is 2.58 bits per heavy atom. The van der Waals surface area contributed by atoms with Gasteiger partial charge in [0.05, 0.1) is 23.7 Å². The number of pyridine rings is 1. The highest BCUT2D eigenvalue weighted by molar-refractivity contribution is 5.94. The molecule has 3 aliphatic rings. The molecule has 0 radical (unpaired) electrons. The van der Waals surface area contributed by atoms with Crippen LogP contribution in [-0.4, -0.2) is 84.6 Å². The Kier molecular flexibility index (Phi) is 6.31. The highest BCUT2D eigenvalue weighted by Crippen LogP contribution is 2.35. The number of allylic oxidation sites excluding steroid dienone is 3. The minimum absolute atomic E-state index is 0.0394. The lowest BCUT2D eigenvalue weighted by atomic mass is 9.99. The standard InChI is InChI=1S/C23H24F4N8O/c1-14-30-31-32-35(14)21-8-5-15(11-28-21)22(36)34(17-6-7-17)19-9-10-33(13-18(19)24)20-4-2-3-16(12-29-20)23(25,26)27/h3-5,8,11-12,17-19H,2,6-7,9-10,13H2,1H3/t18-,19+/m0/s1. The first-order valence-corrected chi connectivity index (χ1v) is 11.7. The number of aryl methyl sites for hydroxylation is 1. The minimum atomic E-state index is -4.48. The van der Waals surface area contributed by atoms with Crippen LogP contribution in [0, 0.1) is 6.92 Å². The number of halogens is 4. The number of hydrogen-bond donors (Lipinski definition) is 0. The maximum atomic E-state index is 15.5. The third-order valence-corrected chi connectivity index (χ3v) is 6.50. The molecule has 2 aromatic heterocycles. The second kappa shape index (κ2) is 9.43. The number of tetrazole rings is 1. The molecule has 2 aliphatic heterocycles. The van der Waals surface area contributed by atoms with Crippen molar-refractivity contribution in [2.45, 2.75) is 57.0 Å². The monoisotopic (exact) mass is 504 g/mol. The number of rotatable bonds is 5. The van der Waals surface area contributed by atoms with Gasteiger partial charge in [0.25, 0.3) is 5.91 Å². The molecule has 2 aromatic rings. The molecule has 0 aromatic carbocycles. The lowest BCUT2D eigenvalue weighted by Gasteiger charge is -2.41. The van der Waals surface area contributed by atoms with Gasteiger partial charge in [0.1, 0.15) is 12.0 Å². The maximum absolute atomic E-state index is 15.5. The Morgan fingerprint density at radius 1 is 1.17 bits per heavy atom. The third kappa shape index (κ3) is 4.86. The van der Waals surface area contributed by atoms with Crippen molar-refractivity contribution in [3.63, 3.8) is 0 Å². The van der Waals surface area contributed by atoms with E-state index in [9.17, 15) is 18.0 Å². The van der Waals surface area contributed by atoms with Crippen molar-refractivity contribution in [2.75, 3.05) is 13.1 Å². The van der Waals surface area contributed by atoms with E-state index in [2.05, 4.69) is 25.5 Å². The van der Waals surface area contributed by atoms with E-state index < -0.39 is 24.0 Å².